The van der Waals surface area contributed by atoms with Gasteiger partial charge in [0.05, 0.1) is 21.3 Å². The van der Waals surface area contributed by atoms with E-state index in [0.29, 0.717) is 16.1 Å². The maximum absolute atomic E-state index is 13.3. The van der Waals surface area contributed by atoms with Crippen LogP contribution >= 0.6 is 34.5 Å². The van der Waals surface area contributed by atoms with Gasteiger partial charge in [0.1, 0.15) is 5.70 Å². The van der Waals surface area contributed by atoms with E-state index >= 15 is 0 Å². The lowest BCUT2D eigenvalue weighted by molar-refractivity contribution is -0.120. The number of benzene rings is 2. The molecule has 3 aromatic rings. The molecular formula is C22H17Cl2N3O2S. The first-order chi connectivity index (χ1) is 14.4. The molecule has 8 heteroatoms. The lowest BCUT2D eigenvalue weighted by Crippen LogP contribution is -2.32. The van der Waals surface area contributed by atoms with Gasteiger partial charge in [-0.3, -0.25) is 9.59 Å². The highest BCUT2D eigenvalue weighted by Crippen LogP contribution is 2.40. The van der Waals surface area contributed by atoms with Crippen LogP contribution in [-0.4, -0.2) is 25.9 Å². The number of imide groups is 1. The molecule has 0 aliphatic carbocycles. The Hall–Kier alpha value is -2.80. The number of anilines is 3. The van der Waals surface area contributed by atoms with Crippen molar-refractivity contribution in [3.05, 3.63) is 80.6 Å². The second-order valence-electron chi connectivity index (χ2n) is 6.81. The molecule has 0 fully saturated rings. The summed E-state index contributed by atoms with van der Waals surface area (Å²) in [6.45, 7) is 0. The molecular weight excluding hydrogens is 441 g/mol. The Morgan fingerprint density at radius 3 is 2.30 bits per heavy atom. The third-order valence-corrected chi connectivity index (χ3v) is 6.37. The van der Waals surface area contributed by atoms with Crippen LogP contribution < -0.4 is 15.1 Å². The van der Waals surface area contributed by atoms with Crippen molar-refractivity contribution in [2.45, 2.75) is 0 Å². The summed E-state index contributed by atoms with van der Waals surface area (Å²) >= 11 is 13.8. The molecule has 0 saturated heterocycles. The van der Waals surface area contributed by atoms with E-state index in [9.17, 15) is 9.59 Å². The molecule has 0 bridgehead atoms. The van der Waals surface area contributed by atoms with Crippen LogP contribution in [0.3, 0.4) is 0 Å². The molecule has 1 aliphatic heterocycles. The normalized spacial score (nSPS) is 13.9. The van der Waals surface area contributed by atoms with E-state index in [4.69, 9.17) is 23.2 Å². The van der Waals surface area contributed by atoms with Crippen LogP contribution in [0.4, 0.5) is 17.1 Å². The van der Waals surface area contributed by atoms with Gasteiger partial charge in [0, 0.05) is 30.3 Å². The summed E-state index contributed by atoms with van der Waals surface area (Å²) in [5, 5.41) is 5.43. The van der Waals surface area contributed by atoms with Crippen molar-refractivity contribution in [2.75, 3.05) is 29.2 Å². The molecule has 2 amide bonds. The summed E-state index contributed by atoms with van der Waals surface area (Å²) in [4.78, 5) is 30.4. The Morgan fingerprint density at radius 1 is 0.933 bits per heavy atom. The van der Waals surface area contributed by atoms with Crippen molar-refractivity contribution in [3.63, 3.8) is 0 Å². The molecule has 1 aromatic heterocycles. The summed E-state index contributed by atoms with van der Waals surface area (Å²) in [6, 6.07) is 16.1. The molecule has 0 atom stereocenters. The fourth-order valence-corrected chi connectivity index (χ4v) is 4.31. The van der Waals surface area contributed by atoms with Gasteiger partial charge >= 0.3 is 0 Å². The first-order valence-electron chi connectivity index (χ1n) is 9.04. The number of carbonyl (C=O) groups is 2. The van der Waals surface area contributed by atoms with Crippen LogP contribution in [0, 0.1) is 0 Å². The van der Waals surface area contributed by atoms with E-state index in [1.54, 1.807) is 18.2 Å². The maximum Gasteiger partial charge on any atom is 0.282 e. The Balaban J connectivity index is 1.77. The van der Waals surface area contributed by atoms with Gasteiger partial charge in [-0.2, -0.15) is 0 Å². The van der Waals surface area contributed by atoms with E-state index in [1.165, 1.54) is 11.3 Å². The second kappa shape index (κ2) is 8.14. The van der Waals surface area contributed by atoms with Gasteiger partial charge in [-0.1, -0.05) is 35.3 Å². The quantitative estimate of drug-likeness (QED) is 0.512. The van der Waals surface area contributed by atoms with Crippen molar-refractivity contribution < 1.29 is 9.59 Å². The molecule has 0 unspecified atom stereocenters. The molecule has 1 aliphatic rings. The number of rotatable bonds is 5. The summed E-state index contributed by atoms with van der Waals surface area (Å²) in [7, 11) is 3.90. The Labute approximate surface area is 188 Å². The lowest BCUT2D eigenvalue weighted by atomic mass is 10.1. The number of thiophene rings is 1. The number of nitrogens with one attached hydrogen (secondary N) is 1. The monoisotopic (exact) mass is 457 g/mol. The van der Waals surface area contributed by atoms with Crippen molar-refractivity contribution >= 4 is 69.0 Å². The summed E-state index contributed by atoms with van der Waals surface area (Å²) in [6.07, 6.45) is 0. The number of hydrogen-bond acceptors (Lipinski definition) is 5. The maximum atomic E-state index is 13.3. The Kier molecular flexibility index (Phi) is 5.56. The van der Waals surface area contributed by atoms with E-state index in [0.717, 1.165) is 10.6 Å². The molecule has 0 radical (unpaired) electrons. The predicted octanol–water partition coefficient (Wildman–Crippen LogP) is 5.52. The van der Waals surface area contributed by atoms with Crippen LogP contribution in [0.25, 0.3) is 5.57 Å². The average Bonchev–Trinajstić information content (AvgIpc) is 3.32. The fourth-order valence-electron chi connectivity index (χ4n) is 3.17. The molecule has 0 saturated carbocycles. The summed E-state index contributed by atoms with van der Waals surface area (Å²) in [5.41, 5.74) is 2.49. The third kappa shape index (κ3) is 3.58. The average molecular weight is 458 g/mol. The van der Waals surface area contributed by atoms with Gasteiger partial charge in [-0.05, 0) is 47.8 Å². The molecule has 5 nitrogen and oxygen atoms in total. The highest BCUT2D eigenvalue weighted by Gasteiger charge is 2.41. The van der Waals surface area contributed by atoms with Gasteiger partial charge in [0.2, 0.25) is 0 Å². The lowest BCUT2D eigenvalue weighted by Gasteiger charge is -2.17. The molecule has 152 valence electrons. The Bertz CT molecular complexity index is 1160. The Morgan fingerprint density at radius 2 is 1.67 bits per heavy atom. The van der Waals surface area contributed by atoms with Crippen LogP contribution in [0.2, 0.25) is 10.0 Å². The third-order valence-electron chi connectivity index (χ3n) is 4.68. The molecule has 0 spiro atoms. The van der Waals surface area contributed by atoms with Crippen molar-refractivity contribution in [1.29, 1.82) is 0 Å². The van der Waals surface area contributed by atoms with Gasteiger partial charge < -0.3 is 10.2 Å². The van der Waals surface area contributed by atoms with Crippen molar-refractivity contribution in [2.24, 2.45) is 0 Å². The number of hydrogen-bond donors (Lipinski definition) is 1. The van der Waals surface area contributed by atoms with Gasteiger partial charge in [-0.15, -0.1) is 11.3 Å². The van der Waals surface area contributed by atoms with Gasteiger partial charge in [0.25, 0.3) is 11.8 Å². The first kappa shape index (κ1) is 20.5. The van der Waals surface area contributed by atoms with Crippen LogP contribution in [0.1, 0.15) is 4.88 Å². The predicted molar refractivity (Wildman–Crippen MR) is 125 cm³/mol. The minimum Gasteiger partial charge on any atom is -0.378 e. The zero-order valence-electron chi connectivity index (χ0n) is 16.1. The molecule has 1 N–H and O–H groups in total. The number of nitrogens with zero attached hydrogens (tertiary/aromatic N) is 2. The smallest absolute Gasteiger partial charge is 0.282 e. The van der Waals surface area contributed by atoms with Crippen LogP contribution in [-0.2, 0) is 9.59 Å². The topological polar surface area (TPSA) is 52.7 Å². The van der Waals surface area contributed by atoms with Crippen molar-refractivity contribution in [3.8, 4) is 0 Å². The van der Waals surface area contributed by atoms with Crippen LogP contribution in [0.5, 0.6) is 0 Å². The van der Waals surface area contributed by atoms with Crippen molar-refractivity contribution in [1.82, 2.24) is 0 Å². The van der Waals surface area contributed by atoms with Gasteiger partial charge in [-0.25, -0.2) is 4.90 Å². The molecule has 2 aromatic carbocycles. The molecule has 4 rings (SSSR count). The van der Waals surface area contributed by atoms with Gasteiger partial charge in [0.15, 0.2) is 0 Å². The van der Waals surface area contributed by atoms with E-state index in [1.807, 2.05) is 60.8 Å². The minimum absolute atomic E-state index is 0.156. The first-order valence-corrected chi connectivity index (χ1v) is 10.7. The van der Waals surface area contributed by atoms with E-state index < -0.39 is 11.8 Å². The standard InChI is InChI=1S/C22H17Cl2N3O2S/c1-26(2)14-10-8-13(9-11-14)25-20-18(17-7-4-12-30-17)21(28)27(22(20)29)16-6-3-5-15(23)19(16)24/h3-12,25H,1-2H3. The number of amides is 2. The summed E-state index contributed by atoms with van der Waals surface area (Å²) < 4.78 is 0. The minimum atomic E-state index is -0.482. The molecule has 30 heavy (non-hydrogen) atoms. The fraction of sp³-hybridized carbons (Fsp3) is 0.0909. The number of halogens is 2. The largest absolute Gasteiger partial charge is 0.378 e. The highest BCUT2D eigenvalue weighted by atomic mass is 35.5. The number of carbonyl (C=O) groups excluding carboxylic acids is 2. The highest BCUT2D eigenvalue weighted by molar-refractivity contribution is 7.11. The SMILES string of the molecule is CN(C)c1ccc(NC2=C(c3cccs3)C(=O)N(c3cccc(Cl)c3Cl)C2=O)cc1. The van der Waals surface area contributed by atoms with Crippen LogP contribution in [0.15, 0.2) is 65.7 Å². The van der Waals surface area contributed by atoms with E-state index in [-0.39, 0.29) is 21.4 Å². The zero-order valence-corrected chi connectivity index (χ0v) is 18.5. The second-order valence-corrected chi connectivity index (χ2v) is 8.55. The van der Waals surface area contributed by atoms with E-state index in [2.05, 4.69) is 5.32 Å². The summed E-state index contributed by atoms with van der Waals surface area (Å²) in [5.74, 6) is -0.928. The molecule has 2 heterocycles. The zero-order chi connectivity index (χ0) is 21.4.